The van der Waals surface area contributed by atoms with Crippen molar-refractivity contribution in [1.29, 1.82) is 0 Å². The van der Waals surface area contributed by atoms with Gasteiger partial charge >= 0.3 is 0 Å². The molecule has 0 aliphatic carbocycles. The Morgan fingerprint density at radius 3 is 2.38 bits per heavy atom. The van der Waals surface area contributed by atoms with E-state index in [9.17, 15) is 9.90 Å². The molecule has 1 heterocycles. The van der Waals surface area contributed by atoms with E-state index in [-0.39, 0.29) is 12.2 Å². The second-order valence-electron chi connectivity index (χ2n) is 7.54. The fourth-order valence-corrected chi connectivity index (χ4v) is 2.84. The third kappa shape index (κ3) is 5.86. The monoisotopic (exact) mass is 413 g/mol. The Labute approximate surface area is 175 Å². The molecule has 0 unspecified atom stereocenters. The van der Waals surface area contributed by atoms with Crippen LogP contribution in [-0.4, -0.2) is 21.9 Å². The van der Waals surface area contributed by atoms with Gasteiger partial charge in [-0.1, -0.05) is 23.7 Å². The second kappa shape index (κ2) is 8.72. The molecule has 0 aliphatic heterocycles. The first kappa shape index (κ1) is 21.0. The van der Waals surface area contributed by atoms with Crippen molar-refractivity contribution in [3.8, 4) is 17.2 Å². The van der Waals surface area contributed by atoms with E-state index in [0.717, 1.165) is 16.8 Å². The summed E-state index contributed by atoms with van der Waals surface area (Å²) in [6.07, 6.45) is 1.69. The Bertz CT molecular complexity index is 1040. The van der Waals surface area contributed by atoms with Crippen LogP contribution in [0.5, 0.6) is 11.5 Å². The van der Waals surface area contributed by atoms with E-state index in [4.69, 9.17) is 21.1 Å². The predicted octanol–water partition coefficient (Wildman–Crippen LogP) is 4.53. The molecule has 0 spiro atoms. The number of hydrogen-bond acceptors (Lipinski definition) is 4. The summed E-state index contributed by atoms with van der Waals surface area (Å²) < 4.78 is 12.9. The van der Waals surface area contributed by atoms with E-state index < -0.39 is 5.60 Å². The van der Waals surface area contributed by atoms with E-state index in [1.165, 1.54) is 6.07 Å². The summed E-state index contributed by atoms with van der Waals surface area (Å²) in [4.78, 5) is 12.6. The molecule has 0 bridgehead atoms. The quantitative estimate of drug-likeness (QED) is 0.618. The van der Waals surface area contributed by atoms with E-state index in [0.29, 0.717) is 23.1 Å². The number of benzene rings is 2. The number of aliphatic hydroxyl groups is 1. The average molecular weight is 414 g/mol. The first-order valence-corrected chi connectivity index (χ1v) is 9.65. The van der Waals surface area contributed by atoms with Crippen molar-refractivity contribution in [2.45, 2.75) is 33.0 Å². The van der Waals surface area contributed by atoms with Crippen LogP contribution >= 0.6 is 11.6 Å². The van der Waals surface area contributed by atoms with Gasteiger partial charge in [0.05, 0.1) is 5.60 Å². The van der Waals surface area contributed by atoms with Gasteiger partial charge < -0.3 is 14.6 Å². The van der Waals surface area contributed by atoms with Crippen molar-refractivity contribution < 1.29 is 14.6 Å². The molecule has 1 aromatic heterocycles. The fraction of sp³-hybridized carbons (Fsp3) is 0.261. The van der Waals surface area contributed by atoms with Gasteiger partial charge in [-0.3, -0.25) is 9.36 Å². The lowest BCUT2D eigenvalue weighted by atomic mass is 10.1. The smallest absolute Gasteiger partial charge is 0.258 e. The number of nitrogens with zero attached hydrogens (tertiary/aromatic N) is 1. The first-order valence-electron chi connectivity index (χ1n) is 9.27. The lowest BCUT2D eigenvalue weighted by Crippen LogP contribution is -2.28. The predicted molar refractivity (Wildman–Crippen MR) is 114 cm³/mol. The number of ether oxygens (including phenoxy) is 2. The van der Waals surface area contributed by atoms with Crippen LogP contribution in [0.15, 0.2) is 65.6 Å². The highest BCUT2D eigenvalue weighted by molar-refractivity contribution is 6.30. The molecule has 0 atom stereocenters. The lowest BCUT2D eigenvalue weighted by molar-refractivity contribution is 0.0282. The highest BCUT2D eigenvalue weighted by Crippen LogP contribution is 2.22. The van der Waals surface area contributed by atoms with E-state index in [1.807, 2.05) is 31.2 Å². The van der Waals surface area contributed by atoms with Crippen molar-refractivity contribution in [2.24, 2.45) is 0 Å². The molecule has 29 heavy (non-hydrogen) atoms. The van der Waals surface area contributed by atoms with E-state index >= 15 is 0 Å². The van der Waals surface area contributed by atoms with Crippen LogP contribution in [0.3, 0.4) is 0 Å². The molecule has 0 saturated carbocycles. The van der Waals surface area contributed by atoms with Gasteiger partial charge in [0.1, 0.15) is 24.7 Å². The van der Waals surface area contributed by atoms with Crippen molar-refractivity contribution in [3.05, 3.63) is 87.3 Å². The van der Waals surface area contributed by atoms with Gasteiger partial charge in [0, 0.05) is 23.0 Å². The minimum absolute atomic E-state index is 0.187. The largest absolute Gasteiger partial charge is 0.490 e. The molecule has 0 aliphatic rings. The fourth-order valence-electron chi connectivity index (χ4n) is 2.71. The average Bonchev–Trinajstić information content (AvgIpc) is 2.66. The van der Waals surface area contributed by atoms with Gasteiger partial charge in [-0.25, -0.2) is 0 Å². The Kier molecular flexibility index (Phi) is 6.30. The number of hydrogen-bond donors (Lipinski definition) is 1. The van der Waals surface area contributed by atoms with Crippen molar-refractivity contribution in [3.63, 3.8) is 0 Å². The maximum Gasteiger partial charge on any atom is 0.258 e. The SMILES string of the molecule is Cc1cc(-n2ccc(OCc3ccc(Cl)cc3)cc2=O)ccc1OCC(C)(C)O. The number of aryl methyl sites for hydroxylation is 1. The molecule has 0 radical (unpaired) electrons. The van der Waals surface area contributed by atoms with Gasteiger partial charge in [-0.2, -0.15) is 0 Å². The first-order chi connectivity index (χ1) is 13.7. The van der Waals surface area contributed by atoms with Gasteiger partial charge in [-0.15, -0.1) is 0 Å². The minimum Gasteiger partial charge on any atom is -0.490 e. The second-order valence-corrected chi connectivity index (χ2v) is 7.97. The summed E-state index contributed by atoms with van der Waals surface area (Å²) >= 11 is 5.88. The topological polar surface area (TPSA) is 60.7 Å². The van der Waals surface area contributed by atoms with Gasteiger partial charge in [0.15, 0.2) is 0 Å². The van der Waals surface area contributed by atoms with Crippen LogP contribution in [0.1, 0.15) is 25.0 Å². The molecule has 0 amide bonds. The van der Waals surface area contributed by atoms with Crippen LogP contribution in [0.25, 0.3) is 5.69 Å². The highest BCUT2D eigenvalue weighted by atomic mass is 35.5. The molecule has 2 aromatic carbocycles. The molecule has 5 nitrogen and oxygen atoms in total. The molecular weight excluding hydrogens is 390 g/mol. The van der Waals surface area contributed by atoms with Crippen LogP contribution in [0, 0.1) is 6.92 Å². The van der Waals surface area contributed by atoms with E-state index in [1.54, 1.807) is 48.9 Å². The zero-order valence-electron chi connectivity index (χ0n) is 16.7. The zero-order chi connectivity index (χ0) is 21.0. The summed E-state index contributed by atoms with van der Waals surface area (Å²) in [5, 5.41) is 10.5. The highest BCUT2D eigenvalue weighted by Gasteiger charge is 2.14. The standard InChI is InChI=1S/C23H24ClNO4/c1-16-12-19(8-9-21(16)29-15-23(2,3)27)25-11-10-20(13-22(25)26)28-14-17-4-6-18(24)7-5-17/h4-13,27H,14-15H2,1-3H3. The Morgan fingerprint density at radius 2 is 1.76 bits per heavy atom. The van der Waals surface area contributed by atoms with Crippen LogP contribution in [-0.2, 0) is 6.61 Å². The Morgan fingerprint density at radius 1 is 1.03 bits per heavy atom. The summed E-state index contributed by atoms with van der Waals surface area (Å²) in [7, 11) is 0. The molecule has 3 aromatic rings. The maximum absolute atomic E-state index is 12.6. The minimum atomic E-state index is -0.913. The van der Waals surface area contributed by atoms with E-state index in [2.05, 4.69) is 0 Å². The van der Waals surface area contributed by atoms with Crippen molar-refractivity contribution >= 4 is 11.6 Å². The summed E-state index contributed by atoms with van der Waals surface area (Å²) in [5.41, 5.74) is 1.47. The number of rotatable bonds is 7. The molecule has 3 rings (SSSR count). The molecule has 0 fully saturated rings. The molecule has 1 N–H and O–H groups in total. The molecular formula is C23H24ClNO4. The van der Waals surface area contributed by atoms with Gasteiger partial charge in [-0.05, 0) is 68.3 Å². The van der Waals surface area contributed by atoms with Crippen molar-refractivity contribution in [1.82, 2.24) is 4.57 Å². The van der Waals surface area contributed by atoms with Gasteiger partial charge in [0.2, 0.25) is 0 Å². The third-order valence-electron chi connectivity index (χ3n) is 4.23. The third-order valence-corrected chi connectivity index (χ3v) is 4.48. The Hall–Kier alpha value is -2.76. The number of pyridine rings is 1. The maximum atomic E-state index is 12.6. The van der Waals surface area contributed by atoms with Gasteiger partial charge in [0.25, 0.3) is 5.56 Å². The summed E-state index contributed by atoms with van der Waals surface area (Å²) in [5.74, 6) is 1.18. The molecule has 0 saturated heterocycles. The Balaban J connectivity index is 1.72. The van der Waals surface area contributed by atoms with Crippen LogP contribution in [0.2, 0.25) is 5.02 Å². The summed E-state index contributed by atoms with van der Waals surface area (Å²) in [6.45, 7) is 5.82. The number of halogens is 1. The molecule has 6 heteroatoms. The lowest BCUT2D eigenvalue weighted by Gasteiger charge is -2.19. The zero-order valence-corrected chi connectivity index (χ0v) is 17.4. The molecule has 152 valence electrons. The van der Waals surface area contributed by atoms with Crippen LogP contribution in [0.4, 0.5) is 0 Å². The summed E-state index contributed by atoms with van der Waals surface area (Å²) in [6, 6.07) is 16.1. The number of aromatic nitrogens is 1. The normalized spacial score (nSPS) is 11.3. The van der Waals surface area contributed by atoms with Crippen LogP contribution < -0.4 is 15.0 Å². The van der Waals surface area contributed by atoms with Crippen molar-refractivity contribution in [2.75, 3.05) is 6.61 Å².